The number of nitrogens with zero attached hydrogens (tertiary/aromatic N) is 1. The quantitative estimate of drug-likeness (QED) is 0.701. The van der Waals surface area contributed by atoms with Crippen LogP contribution < -0.4 is 0 Å². The van der Waals surface area contributed by atoms with E-state index in [4.69, 9.17) is 4.74 Å². The van der Waals surface area contributed by atoms with Crippen molar-refractivity contribution in [3.8, 4) is 0 Å². The fourth-order valence-corrected chi connectivity index (χ4v) is 2.07. The Morgan fingerprint density at radius 3 is 3.06 bits per heavy atom. The summed E-state index contributed by atoms with van der Waals surface area (Å²) in [6, 6.07) is 9.34. The zero-order valence-corrected chi connectivity index (χ0v) is 9.93. The van der Waals surface area contributed by atoms with Crippen molar-refractivity contribution in [2.24, 2.45) is 0 Å². The zero-order chi connectivity index (χ0) is 12.5. The van der Waals surface area contributed by atoms with Gasteiger partial charge in [0.15, 0.2) is 0 Å². The van der Waals surface area contributed by atoms with Gasteiger partial charge in [-0.25, -0.2) is 9.78 Å². The third kappa shape index (κ3) is 1.62. The summed E-state index contributed by atoms with van der Waals surface area (Å²) in [5.74, 6) is -0.294. The van der Waals surface area contributed by atoms with E-state index in [9.17, 15) is 4.79 Å². The summed E-state index contributed by atoms with van der Waals surface area (Å²) in [6.07, 6.45) is 1.74. The van der Waals surface area contributed by atoms with Gasteiger partial charge in [-0.2, -0.15) is 0 Å². The first-order chi connectivity index (χ1) is 8.79. The van der Waals surface area contributed by atoms with Gasteiger partial charge in [-0.1, -0.05) is 0 Å². The van der Waals surface area contributed by atoms with Crippen molar-refractivity contribution < 1.29 is 9.53 Å². The highest BCUT2D eigenvalue weighted by molar-refractivity contribution is 6.08. The van der Waals surface area contributed by atoms with E-state index >= 15 is 0 Å². The van der Waals surface area contributed by atoms with E-state index in [1.165, 1.54) is 0 Å². The Morgan fingerprint density at radius 1 is 1.33 bits per heavy atom. The molecule has 4 nitrogen and oxygen atoms in total. The lowest BCUT2D eigenvalue weighted by Crippen LogP contribution is -2.03. The number of nitrogens with one attached hydrogen (secondary N) is 1. The molecule has 0 spiro atoms. The van der Waals surface area contributed by atoms with Crippen LogP contribution in [0.4, 0.5) is 0 Å². The van der Waals surface area contributed by atoms with Crippen molar-refractivity contribution in [1.82, 2.24) is 9.97 Å². The fraction of sp³-hybridized carbons (Fsp3) is 0.143. The van der Waals surface area contributed by atoms with E-state index in [-0.39, 0.29) is 5.97 Å². The van der Waals surface area contributed by atoms with Crippen molar-refractivity contribution in [1.29, 1.82) is 0 Å². The number of benzene rings is 1. The van der Waals surface area contributed by atoms with Crippen molar-refractivity contribution in [2.45, 2.75) is 6.92 Å². The van der Waals surface area contributed by atoms with E-state index in [1.807, 2.05) is 24.3 Å². The van der Waals surface area contributed by atoms with Gasteiger partial charge in [-0.3, -0.25) is 0 Å². The Hall–Kier alpha value is -2.36. The predicted octanol–water partition coefficient (Wildman–Crippen LogP) is 2.89. The second-order valence-electron chi connectivity index (χ2n) is 4.01. The van der Waals surface area contributed by atoms with Crippen LogP contribution in [0.2, 0.25) is 0 Å². The van der Waals surface area contributed by atoms with E-state index in [2.05, 4.69) is 9.97 Å². The van der Waals surface area contributed by atoms with Gasteiger partial charge in [0, 0.05) is 22.5 Å². The third-order valence-electron chi connectivity index (χ3n) is 2.88. The second-order valence-corrected chi connectivity index (χ2v) is 4.01. The number of fused-ring (bicyclic) bond motifs is 3. The van der Waals surface area contributed by atoms with Crippen LogP contribution in [0.25, 0.3) is 21.9 Å². The van der Waals surface area contributed by atoms with Gasteiger partial charge in [0.05, 0.1) is 12.2 Å². The van der Waals surface area contributed by atoms with Gasteiger partial charge in [-0.15, -0.1) is 0 Å². The molecule has 0 aliphatic rings. The minimum absolute atomic E-state index is 0.294. The number of pyridine rings is 1. The van der Waals surface area contributed by atoms with E-state index < -0.39 is 0 Å². The topological polar surface area (TPSA) is 55.0 Å². The van der Waals surface area contributed by atoms with Crippen molar-refractivity contribution in [3.05, 3.63) is 42.1 Å². The predicted molar refractivity (Wildman–Crippen MR) is 69.6 cm³/mol. The Balaban J connectivity index is 2.21. The van der Waals surface area contributed by atoms with Gasteiger partial charge < -0.3 is 9.72 Å². The lowest BCUT2D eigenvalue weighted by Gasteiger charge is -2.01. The molecule has 0 fully saturated rings. The maximum atomic E-state index is 11.7. The largest absolute Gasteiger partial charge is 0.462 e. The highest BCUT2D eigenvalue weighted by Crippen LogP contribution is 2.24. The lowest BCUT2D eigenvalue weighted by molar-refractivity contribution is 0.0526. The van der Waals surface area contributed by atoms with Crippen LogP contribution in [0.1, 0.15) is 17.3 Å². The minimum Gasteiger partial charge on any atom is -0.462 e. The molecule has 2 heterocycles. The van der Waals surface area contributed by atoms with E-state index in [1.54, 1.807) is 19.2 Å². The molecule has 0 aliphatic carbocycles. The van der Waals surface area contributed by atoms with Gasteiger partial charge in [0.2, 0.25) is 0 Å². The molecule has 0 amide bonds. The molecular weight excluding hydrogens is 228 g/mol. The molecule has 90 valence electrons. The van der Waals surface area contributed by atoms with Gasteiger partial charge in [-0.05, 0) is 37.3 Å². The maximum absolute atomic E-state index is 11.7. The number of ether oxygens (including phenoxy) is 1. The van der Waals surface area contributed by atoms with Gasteiger partial charge in [0.25, 0.3) is 0 Å². The van der Waals surface area contributed by atoms with Crippen molar-refractivity contribution in [2.75, 3.05) is 6.61 Å². The first kappa shape index (κ1) is 10.8. The monoisotopic (exact) mass is 240 g/mol. The normalized spacial score (nSPS) is 10.9. The first-order valence-electron chi connectivity index (χ1n) is 5.83. The summed E-state index contributed by atoms with van der Waals surface area (Å²) in [6.45, 7) is 2.18. The first-order valence-corrected chi connectivity index (χ1v) is 5.83. The van der Waals surface area contributed by atoms with Crippen LogP contribution in [0, 0.1) is 0 Å². The Bertz CT molecular complexity index is 731. The number of hydrogen-bond donors (Lipinski definition) is 1. The SMILES string of the molecule is CCOC(=O)c1ccc2[nH]c3ncccc3c2c1. The molecule has 1 aromatic carbocycles. The van der Waals surface area contributed by atoms with Crippen LogP contribution in [0.15, 0.2) is 36.5 Å². The van der Waals surface area contributed by atoms with Crippen LogP contribution in [0.3, 0.4) is 0 Å². The highest BCUT2D eigenvalue weighted by atomic mass is 16.5. The maximum Gasteiger partial charge on any atom is 0.338 e. The average Bonchev–Trinajstić information content (AvgIpc) is 2.76. The Labute approximate surface area is 104 Å². The molecule has 4 heteroatoms. The highest BCUT2D eigenvalue weighted by Gasteiger charge is 2.10. The smallest absolute Gasteiger partial charge is 0.338 e. The van der Waals surface area contributed by atoms with Crippen LogP contribution in [-0.2, 0) is 4.74 Å². The molecule has 18 heavy (non-hydrogen) atoms. The zero-order valence-electron chi connectivity index (χ0n) is 9.93. The molecule has 3 aromatic rings. The van der Waals surface area contributed by atoms with Crippen molar-refractivity contribution >= 4 is 27.9 Å². The minimum atomic E-state index is -0.294. The number of hydrogen-bond acceptors (Lipinski definition) is 3. The second kappa shape index (κ2) is 4.14. The molecule has 0 saturated carbocycles. The molecule has 0 radical (unpaired) electrons. The summed E-state index contributed by atoms with van der Waals surface area (Å²) in [5.41, 5.74) is 2.36. The van der Waals surface area contributed by atoms with Crippen LogP contribution >= 0.6 is 0 Å². The molecule has 0 saturated heterocycles. The number of esters is 1. The average molecular weight is 240 g/mol. The number of aromatic amines is 1. The van der Waals surface area contributed by atoms with Crippen LogP contribution in [-0.4, -0.2) is 22.5 Å². The summed E-state index contributed by atoms with van der Waals surface area (Å²) in [5, 5.41) is 2.00. The van der Waals surface area contributed by atoms with Gasteiger partial charge in [0.1, 0.15) is 5.65 Å². The summed E-state index contributed by atoms with van der Waals surface area (Å²) < 4.78 is 5.00. The number of H-pyrrole nitrogens is 1. The molecule has 2 aromatic heterocycles. The summed E-state index contributed by atoms with van der Waals surface area (Å²) in [4.78, 5) is 19.2. The van der Waals surface area contributed by atoms with Crippen molar-refractivity contribution in [3.63, 3.8) is 0 Å². The molecular formula is C14H12N2O2. The molecule has 0 unspecified atom stereocenters. The van der Waals surface area contributed by atoms with Gasteiger partial charge >= 0.3 is 5.97 Å². The summed E-state index contributed by atoms with van der Waals surface area (Å²) in [7, 11) is 0. The number of rotatable bonds is 2. The number of aromatic nitrogens is 2. The number of carbonyl (C=O) groups excluding carboxylic acids is 1. The molecule has 0 atom stereocenters. The van der Waals surface area contributed by atoms with Crippen LogP contribution in [0.5, 0.6) is 0 Å². The van der Waals surface area contributed by atoms with E-state index in [0.29, 0.717) is 12.2 Å². The molecule has 1 N–H and O–H groups in total. The molecule has 3 rings (SSSR count). The summed E-state index contributed by atoms with van der Waals surface area (Å²) >= 11 is 0. The molecule has 0 aliphatic heterocycles. The van der Waals surface area contributed by atoms with E-state index in [0.717, 1.165) is 21.9 Å². The number of carbonyl (C=O) groups is 1. The lowest BCUT2D eigenvalue weighted by atomic mass is 10.1. The fourth-order valence-electron chi connectivity index (χ4n) is 2.07. The molecule has 0 bridgehead atoms. The Kier molecular flexibility index (Phi) is 2.48. The Morgan fingerprint density at radius 2 is 2.22 bits per heavy atom. The standard InChI is InChI=1S/C14H12N2O2/c1-2-18-14(17)9-5-6-12-11(8-9)10-4-3-7-15-13(10)16-12/h3-8H,2H2,1H3,(H,15,16). The third-order valence-corrected chi connectivity index (χ3v) is 2.88.